The lowest BCUT2D eigenvalue weighted by Gasteiger charge is -2.03. The van der Waals surface area contributed by atoms with Crippen LogP contribution in [0.2, 0.25) is 0 Å². The summed E-state index contributed by atoms with van der Waals surface area (Å²) < 4.78 is 10.2. The third-order valence-electron chi connectivity index (χ3n) is 4.08. The van der Waals surface area contributed by atoms with Gasteiger partial charge in [0.2, 0.25) is 0 Å². The van der Waals surface area contributed by atoms with E-state index in [1.807, 2.05) is 0 Å². The molecule has 0 aromatic rings. The van der Waals surface area contributed by atoms with E-state index in [0.717, 1.165) is 24.2 Å². The van der Waals surface area contributed by atoms with E-state index in [1.165, 1.54) is 96.3 Å². The van der Waals surface area contributed by atoms with Crippen molar-refractivity contribution in [2.75, 3.05) is 5.75 Å². The topological polar surface area (TPSA) is 19.9 Å². The van der Waals surface area contributed by atoms with Crippen LogP contribution >= 0.6 is 12.0 Å². The molecule has 1 nitrogen and oxygen atoms in total. The van der Waals surface area contributed by atoms with Gasteiger partial charge in [-0.05, 0) is 6.42 Å². The second kappa shape index (κ2) is 19.3. The average molecular weight is 302 g/mol. The maximum Gasteiger partial charge on any atom is 0.0326 e. The molecule has 1 radical (unpaired) electrons. The largest absolute Gasteiger partial charge is 0.151 e. The van der Waals surface area contributed by atoms with Gasteiger partial charge < -0.3 is 0 Å². The summed E-state index contributed by atoms with van der Waals surface area (Å²) in [6.07, 6.45) is 22.3. The summed E-state index contributed by atoms with van der Waals surface area (Å²) in [5.74, 6) is 0.804. The lowest BCUT2D eigenvalue weighted by atomic mass is 10.0. The first-order valence-corrected chi connectivity index (χ1v) is 10.1. The van der Waals surface area contributed by atoms with E-state index in [1.54, 1.807) is 0 Å². The zero-order chi connectivity index (χ0) is 14.7. The summed E-state index contributed by atoms with van der Waals surface area (Å²) in [6, 6.07) is 0. The van der Waals surface area contributed by atoms with Gasteiger partial charge in [0, 0.05) is 17.8 Å². The summed E-state index contributed by atoms with van der Waals surface area (Å²) in [5.41, 5.74) is 0. The molecular formula is C18H37OS. The van der Waals surface area contributed by atoms with E-state index in [0.29, 0.717) is 0 Å². The molecule has 0 spiro atoms. The number of unbranched alkanes of at least 4 members (excludes halogenated alkanes) is 15. The molecule has 121 valence electrons. The van der Waals surface area contributed by atoms with Crippen LogP contribution in [0.3, 0.4) is 0 Å². The van der Waals surface area contributed by atoms with Crippen molar-refractivity contribution in [3.8, 4) is 0 Å². The van der Waals surface area contributed by atoms with Gasteiger partial charge >= 0.3 is 0 Å². The van der Waals surface area contributed by atoms with Crippen LogP contribution in [-0.4, -0.2) is 5.75 Å². The molecule has 0 N–H and O–H groups in total. The fourth-order valence-corrected chi connectivity index (χ4v) is 3.03. The summed E-state index contributed by atoms with van der Waals surface area (Å²) >= 11 is 0.738. The lowest BCUT2D eigenvalue weighted by Crippen LogP contribution is -1.84. The van der Waals surface area contributed by atoms with Crippen LogP contribution in [0.4, 0.5) is 0 Å². The second-order valence-electron chi connectivity index (χ2n) is 6.13. The van der Waals surface area contributed by atoms with E-state index in [4.69, 9.17) is 0 Å². The Labute approximate surface area is 132 Å². The van der Waals surface area contributed by atoms with Gasteiger partial charge in [0.1, 0.15) is 0 Å². The van der Waals surface area contributed by atoms with E-state index in [2.05, 4.69) is 6.92 Å². The summed E-state index contributed by atoms with van der Waals surface area (Å²) in [4.78, 5) is 0. The van der Waals surface area contributed by atoms with Crippen molar-refractivity contribution in [2.45, 2.75) is 110 Å². The Morgan fingerprint density at radius 2 is 0.800 bits per heavy atom. The van der Waals surface area contributed by atoms with Gasteiger partial charge in [-0.2, -0.15) is 4.55 Å². The Bertz CT molecular complexity index is 143. The minimum atomic E-state index is 0.738. The third kappa shape index (κ3) is 18.3. The van der Waals surface area contributed by atoms with Gasteiger partial charge in [0.25, 0.3) is 0 Å². The molecule has 0 aromatic carbocycles. The first-order valence-electron chi connectivity index (χ1n) is 9.16. The SMILES string of the molecule is CCCCCCCCCCCCCCCCCCS[O]. The highest BCUT2D eigenvalue weighted by atomic mass is 32.2. The van der Waals surface area contributed by atoms with Crippen molar-refractivity contribution >= 4 is 12.0 Å². The van der Waals surface area contributed by atoms with Crippen LogP contribution in [0.5, 0.6) is 0 Å². The third-order valence-corrected chi connectivity index (χ3v) is 4.54. The highest BCUT2D eigenvalue weighted by molar-refractivity contribution is 7.93. The molecule has 0 amide bonds. The molecule has 0 rings (SSSR count). The number of hydrogen-bond donors (Lipinski definition) is 0. The van der Waals surface area contributed by atoms with Crippen molar-refractivity contribution < 1.29 is 4.55 Å². The highest BCUT2D eigenvalue weighted by Crippen LogP contribution is 2.14. The molecule has 0 aliphatic carbocycles. The van der Waals surface area contributed by atoms with Crippen molar-refractivity contribution in [2.24, 2.45) is 0 Å². The fourth-order valence-electron chi connectivity index (χ4n) is 2.71. The molecule has 2 heteroatoms. The molecule has 0 bridgehead atoms. The van der Waals surface area contributed by atoms with E-state index in [-0.39, 0.29) is 0 Å². The van der Waals surface area contributed by atoms with Crippen LogP contribution in [-0.2, 0) is 4.55 Å². The Morgan fingerprint density at radius 1 is 0.500 bits per heavy atom. The molecule has 0 atom stereocenters. The van der Waals surface area contributed by atoms with Crippen molar-refractivity contribution in [3.05, 3.63) is 0 Å². The zero-order valence-electron chi connectivity index (χ0n) is 13.8. The maximum atomic E-state index is 10.2. The Balaban J connectivity index is 2.89. The molecular weight excluding hydrogens is 264 g/mol. The first kappa shape index (κ1) is 20.3. The van der Waals surface area contributed by atoms with Crippen LogP contribution in [0.25, 0.3) is 0 Å². The smallest absolute Gasteiger partial charge is 0.0326 e. The monoisotopic (exact) mass is 301 g/mol. The molecule has 0 fully saturated rings. The predicted octanol–water partition coefficient (Wildman–Crippen LogP) is 7.33. The Hall–Kier alpha value is 0.310. The summed E-state index contributed by atoms with van der Waals surface area (Å²) in [5, 5.41) is 0. The van der Waals surface area contributed by atoms with Crippen LogP contribution in [0.1, 0.15) is 110 Å². The van der Waals surface area contributed by atoms with Crippen LogP contribution in [0.15, 0.2) is 0 Å². The molecule has 0 saturated heterocycles. The van der Waals surface area contributed by atoms with E-state index >= 15 is 0 Å². The average Bonchev–Trinajstić information content (AvgIpc) is 2.47. The normalized spacial score (nSPS) is 11.1. The van der Waals surface area contributed by atoms with Crippen LogP contribution in [0, 0.1) is 0 Å². The van der Waals surface area contributed by atoms with E-state index < -0.39 is 0 Å². The van der Waals surface area contributed by atoms with Gasteiger partial charge in [-0.3, -0.25) is 0 Å². The quantitative estimate of drug-likeness (QED) is 0.203. The summed E-state index contributed by atoms with van der Waals surface area (Å²) in [6.45, 7) is 2.28. The fraction of sp³-hybridized carbons (Fsp3) is 1.00. The van der Waals surface area contributed by atoms with Gasteiger partial charge in [0.05, 0.1) is 0 Å². The van der Waals surface area contributed by atoms with Crippen molar-refractivity contribution in [3.63, 3.8) is 0 Å². The lowest BCUT2D eigenvalue weighted by molar-refractivity contribution is 0.523. The molecule has 0 unspecified atom stereocenters. The van der Waals surface area contributed by atoms with Crippen LogP contribution < -0.4 is 0 Å². The van der Waals surface area contributed by atoms with Gasteiger partial charge in [-0.25, -0.2) is 0 Å². The van der Waals surface area contributed by atoms with Gasteiger partial charge in [-0.1, -0.05) is 103 Å². The minimum absolute atomic E-state index is 0.738. The predicted molar refractivity (Wildman–Crippen MR) is 92.7 cm³/mol. The maximum absolute atomic E-state index is 10.2. The molecule has 0 aliphatic rings. The minimum Gasteiger partial charge on any atom is -0.151 e. The number of hydrogen-bond acceptors (Lipinski definition) is 1. The van der Waals surface area contributed by atoms with Gasteiger partial charge in [0.15, 0.2) is 0 Å². The zero-order valence-corrected chi connectivity index (χ0v) is 14.7. The molecule has 20 heavy (non-hydrogen) atoms. The molecule has 0 aromatic heterocycles. The van der Waals surface area contributed by atoms with Gasteiger partial charge in [-0.15, -0.1) is 0 Å². The number of rotatable bonds is 17. The van der Waals surface area contributed by atoms with E-state index in [9.17, 15) is 4.55 Å². The summed E-state index contributed by atoms with van der Waals surface area (Å²) in [7, 11) is 0. The first-order chi connectivity index (χ1) is 9.91. The second-order valence-corrected chi connectivity index (χ2v) is 6.77. The molecule has 0 aliphatic heterocycles. The molecule has 0 saturated carbocycles. The Kier molecular flexibility index (Phi) is 19.6. The molecule has 0 heterocycles. The van der Waals surface area contributed by atoms with Crippen molar-refractivity contribution in [1.29, 1.82) is 0 Å². The highest BCUT2D eigenvalue weighted by Gasteiger charge is 1.94. The Morgan fingerprint density at radius 3 is 1.10 bits per heavy atom. The van der Waals surface area contributed by atoms with Crippen molar-refractivity contribution in [1.82, 2.24) is 0 Å². The standard InChI is InChI=1S/C18H37OS/c1-2-3-4-5-6-7-8-9-10-11-12-13-14-15-16-17-18-20-19/h2-18H2,1H3.